The first kappa shape index (κ1) is 16.7. The van der Waals surface area contributed by atoms with Crippen LogP contribution in [0.2, 0.25) is 0 Å². The number of nitrogens with zero attached hydrogens (tertiary/aromatic N) is 1. The van der Waals surface area contributed by atoms with Gasteiger partial charge in [-0.05, 0) is 40.2 Å². The smallest absolute Gasteiger partial charge is 0.367 e. The summed E-state index contributed by atoms with van der Waals surface area (Å²) in [6.45, 7) is 7.39. The third-order valence-electron chi connectivity index (χ3n) is 3.75. The molecule has 2 heterocycles. The predicted molar refractivity (Wildman–Crippen MR) is 74.4 cm³/mol. The third-order valence-corrected chi connectivity index (χ3v) is 3.75. The van der Waals surface area contributed by atoms with Gasteiger partial charge in [0.15, 0.2) is 0 Å². The molecule has 4 nitrogen and oxygen atoms in total. The van der Waals surface area contributed by atoms with E-state index in [0.29, 0.717) is 12.6 Å². The Morgan fingerprint density at radius 2 is 2.00 bits per heavy atom. The molecule has 0 aromatic carbocycles. The Hall–Kier alpha value is -1.63. The quantitative estimate of drug-likeness (QED) is 0.912. The van der Waals surface area contributed by atoms with Crippen LogP contribution in [0, 0.1) is 0 Å². The molecule has 2 rings (SSSR count). The van der Waals surface area contributed by atoms with E-state index in [1.165, 1.54) is 6.20 Å². The van der Waals surface area contributed by atoms with E-state index in [0.717, 1.165) is 6.07 Å². The van der Waals surface area contributed by atoms with Crippen LogP contribution in [0.1, 0.15) is 50.0 Å². The second-order valence-corrected chi connectivity index (χ2v) is 6.61. The van der Waals surface area contributed by atoms with Gasteiger partial charge in [-0.15, -0.1) is 0 Å². The summed E-state index contributed by atoms with van der Waals surface area (Å²) in [6, 6.07) is 0.704. The molecule has 1 atom stereocenters. The molecule has 1 aromatic rings. The van der Waals surface area contributed by atoms with Crippen molar-refractivity contribution in [2.24, 2.45) is 0 Å². The van der Waals surface area contributed by atoms with E-state index >= 15 is 0 Å². The number of carbonyl (C=O) groups excluding carboxylic acids is 1. The average Bonchev–Trinajstić information content (AvgIpc) is 2.56. The summed E-state index contributed by atoms with van der Waals surface area (Å²) in [5.41, 5.74) is -2.55. The highest BCUT2D eigenvalue weighted by Crippen LogP contribution is 2.38. The molecule has 0 aliphatic carbocycles. The van der Waals surface area contributed by atoms with Gasteiger partial charge in [0.05, 0.1) is 28.4 Å². The highest BCUT2D eigenvalue weighted by atomic mass is 19.4. The van der Waals surface area contributed by atoms with Crippen LogP contribution in [0.3, 0.4) is 0 Å². The minimum Gasteiger partial charge on any atom is -0.367 e. The van der Waals surface area contributed by atoms with E-state index in [9.17, 15) is 18.0 Å². The SMILES string of the molecule is CC1(C)CC(NC(=O)c2ccncc2C(F)(F)F)C(C)(C)O1. The summed E-state index contributed by atoms with van der Waals surface area (Å²) in [6.07, 6.45) is -2.26. The highest BCUT2D eigenvalue weighted by Gasteiger charge is 2.47. The molecule has 1 fully saturated rings. The number of hydrogen-bond acceptors (Lipinski definition) is 3. The topological polar surface area (TPSA) is 51.2 Å². The van der Waals surface area contributed by atoms with Gasteiger partial charge >= 0.3 is 6.18 Å². The van der Waals surface area contributed by atoms with E-state index in [2.05, 4.69) is 10.3 Å². The fourth-order valence-electron chi connectivity index (χ4n) is 2.84. The van der Waals surface area contributed by atoms with Gasteiger partial charge in [0, 0.05) is 12.4 Å². The van der Waals surface area contributed by atoms with Crippen LogP contribution in [0.25, 0.3) is 0 Å². The molecule has 1 aliphatic heterocycles. The molecule has 0 bridgehead atoms. The van der Waals surface area contributed by atoms with Crippen LogP contribution in [0.4, 0.5) is 13.2 Å². The lowest BCUT2D eigenvalue weighted by Crippen LogP contribution is -2.46. The van der Waals surface area contributed by atoms with Gasteiger partial charge in [0.1, 0.15) is 0 Å². The first-order valence-corrected chi connectivity index (χ1v) is 6.95. The summed E-state index contributed by atoms with van der Waals surface area (Å²) in [4.78, 5) is 15.7. The molecule has 1 amide bonds. The lowest BCUT2D eigenvalue weighted by molar-refractivity contribution is -0.138. The van der Waals surface area contributed by atoms with Crippen molar-refractivity contribution >= 4 is 5.91 Å². The average molecular weight is 316 g/mol. The maximum absolute atomic E-state index is 13.0. The minimum atomic E-state index is -4.62. The lowest BCUT2D eigenvalue weighted by atomic mass is 9.94. The van der Waals surface area contributed by atoms with Crippen molar-refractivity contribution in [1.82, 2.24) is 10.3 Å². The molecule has 1 aromatic heterocycles. The second kappa shape index (κ2) is 5.22. The van der Waals surface area contributed by atoms with E-state index in [1.807, 2.05) is 27.7 Å². The molecular formula is C15H19F3N2O2. The Balaban J connectivity index is 2.24. The number of pyridine rings is 1. The molecule has 0 saturated carbocycles. The third kappa shape index (κ3) is 3.40. The molecule has 1 saturated heterocycles. The van der Waals surface area contributed by atoms with Gasteiger partial charge in [0.2, 0.25) is 0 Å². The standard InChI is InChI=1S/C15H19F3N2O2/c1-13(2)7-11(14(3,4)22-13)20-12(21)9-5-6-19-8-10(9)15(16,17)18/h5-6,8,11H,7H2,1-4H3,(H,20,21). The van der Waals surface area contributed by atoms with Crippen LogP contribution in [-0.2, 0) is 10.9 Å². The molecular weight excluding hydrogens is 297 g/mol. The van der Waals surface area contributed by atoms with Gasteiger partial charge in [-0.2, -0.15) is 13.2 Å². The number of aromatic nitrogens is 1. The number of hydrogen-bond donors (Lipinski definition) is 1. The Morgan fingerprint density at radius 1 is 1.36 bits per heavy atom. The maximum atomic E-state index is 13.0. The van der Waals surface area contributed by atoms with Gasteiger partial charge in [0.25, 0.3) is 5.91 Å². The van der Waals surface area contributed by atoms with Crippen molar-refractivity contribution in [3.8, 4) is 0 Å². The first-order valence-electron chi connectivity index (χ1n) is 6.95. The van der Waals surface area contributed by atoms with Crippen molar-refractivity contribution in [1.29, 1.82) is 0 Å². The highest BCUT2D eigenvalue weighted by molar-refractivity contribution is 5.96. The summed E-state index contributed by atoms with van der Waals surface area (Å²) >= 11 is 0. The molecule has 122 valence electrons. The van der Waals surface area contributed by atoms with Gasteiger partial charge in [-0.1, -0.05) is 0 Å². The van der Waals surface area contributed by atoms with Crippen molar-refractivity contribution in [2.45, 2.75) is 57.5 Å². The molecule has 0 spiro atoms. The zero-order valence-corrected chi connectivity index (χ0v) is 12.9. The molecule has 1 unspecified atom stereocenters. The zero-order chi connectivity index (χ0) is 16.8. The number of halogens is 3. The van der Waals surface area contributed by atoms with Crippen LogP contribution in [-0.4, -0.2) is 28.1 Å². The van der Waals surface area contributed by atoms with E-state index < -0.39 is 34.4 Å². The van der Waals surface area contributed by atoms with Gasteiger partial charge < -0.3 is 10.1 Å². The molecule has 1 N–H and O–H groups in total. The van der Waals surface area contributed by atoms with E-state index in [-0.39, 0.29) is 6.04 Å². The Labute approximate surface area is 127 Å². The van der Waals surface area contributed by atoms with Crippen molar-refractivity contribution < 1.29 is 22.7 Å². The number of rotatable bonds is 2. The van der Waals surface area contributed by atoms with Crippen LogP contribution < -0.4 is 5.32 Å². The van der Waals surface area contributed by atoms with Crippen molar-refractivity contribution in [3.63, 3.8) is 0 Å². The van der Waals surface area contributed by atoms with Crippen molar-refractivity contribution in [2.75, 3.05) is 0 Å². The lowest BCUT2D eigenvalue weighted by Gasteiger charge is -2.28. The normalized spacial score (nSPS) is 23.3. The fraction of sp³-hybridized carbons (Fsp3) is 0.600. The Kier molecular flexibility index (Phi) is 3.97. The molecule has 22 heavy (non-hydrogen) atoms. The van der Waals surface area contributed by atoms with Crippen LogP contribution in [0.15, 0.2) is 18.5 Å². The van der Waals surface area contributed by atoms with Crippen LogP contribution >= 0.6 is 0 Å². The van der Waals surface area contributed by atoms with E-state index in [4.69, 9.17) is 4.74 Å². The minimum absolute atomic E-state index is 0.371. The number of alkyl halides is 3. The summed E-state index contributed by atoms with van der Waals surface area (Å²) in [7, 11) is 0. The summed E-state index contributed by atoms with van der Waals surface area (Å²) in [5.74, 6) is -0.769. The second-order valence-electron chi connectivity index (χ2n) is 6.61. The largest absolute Gasteiger partial charge is 0.418 e. The van der Waals surface area contributed by atoms with Crippen molar-refractivity contribution in [3.05, 3.63) is 29.6 Å². The maximum Gasteiger partial charge on any atom is 0.418 e. The summed E-state index contributed by atoms with van der Waals surface area (Å²) < 4.78 is 44.7. The number of ether oxygens (including phenoxy) is 1. The Bertz CT molecular complexity index is 582. The van der Waals surface area contributed by atoms with E-state index in [1.54, 1.807) is 0 Å². The van der Waals surface area contributed by atoms with Gasteiger partial charge in [-0.25, -0.2) is 0 Å². The Morgan fingerprint density at radius 3 is 2.50 bits per heavy atom. The van der Waals surface area contributed by atoms with Crippen LogP contribution in [0.5, 0.6) is 0 Å². The zero-order valence-electron chi connectivity index (χ0n) is 12.9. The monoisotopic (exact) mass is 316 g/mol. The molecule has 1 aliphatic rings. The fourth-order valence-corrected chi connectivity index (χ4v) is 2.84. The molecule has 7 heteroatoms. The van der Waals surface area contributed by atoms with Gasteiger partial charge in [-0.3, -0.25) is 9.78 Å². The first-order chi connectivity index (χ1) is 9.92. The number of nitrogens with one attached hydrogen (secondary N) is 1. The predicted octanol–water partition coefficient (Wildman–Crippen LogP) is 3.18. The molecule has 0 radical (unpaired) electrons. The number of amides is 1. The number of carbonyl (C=O) groups is 1. The summed E-state index contributed by atoms with van der Waals surface area (Å²) in [5, 5.41) is 2.66.